The Morgan fingerprint density at radius 2 is 2.00 bits per heavy atom. The molecule has 3 heterocycles. The highest BCUT2D eigenvalue weighted by Crippen LogP contribution is 2.19. The molecule has 0 atom stereocenters. The fourth-order valence-corrected chi connectivity index (χ4v) is 2.13. The van der Waals surface area contributed by atoms with E-state index in [-0.39, 0.29) is 11.2 Å². The van der Waals surface area contributed by atoms with Gasteiger partial charge in [0.15, 0.2) is 11.5 Å². The number of aryl methyl sites for hydroxylation is 2. The molecule has 20 heavy (non-hydrogen) atoms. The SMILES string of the molecule is CCc1cc(-c2nc3[nH]c(=O)[nH]c(=O)c3[nH]2)n(CC)n1. The van der Waals surface area contributed by atoms with Crippen molar-refractivity contribution in [1.29, 1.82) is 0 Å². The highest BCUT2D eigenvalue weighted by atomic mass is 16.2. The normalized spacial score (nSPS) is 11.3. The number of rotatable bonds is 3. The lowest BCUT2D eigenvalue weighted by Gasteiger charge is -1.99. The number of H-pyrrole nitrogens is 3. The minimum absolute atomic E-state index is 0.246. The van der Waals surface area contributed by atoms with Gasteiger partial charge in [0.25, 0.3) is 5.56 Å². The first-order valence-electron chi connectivity index (χ1n) is 6.41. The molecule has 3 rings (SSSR count). The van der Waals surface area contributed by atoms with Gasteiger partial charge in [-0.3, -0.25) is 19.4 Å². The smallest absolute Gasteiger partial charge is 0.327 e. The molecule has 3 aromatic rings. The van der Waals surface area contributed by atoms with Crippen LogP contribution in [-0.2, 0) is 13.0 Å². The van der Waals surface area contributed by atoms with E-state index in [1.54, 1.807) is 0 Å². The molecule has 0 radical (unpaired) electrons. The van der Waals surface area contributed by atoms with Crippen LogP contribution in [0.3, 0.4) is 0 Å². The standard InChI is InChI=1S/C12H14N6O2/c1-3-6-5-7(18(4-2)17-6)9-13-8-10(14-9)15-12(20)16-11(8)19/h5H,3-4H2,1-2H3,(H3,13,14,15,16,19,20). The number of nitrogens with one attached hydrogen (secondary N) is 3. The highest BCUT2D eigenvalue weighted by Gasteiger charge is 2.14. The van der Waals surface area contributed by atoms with Gasteiger partial charge in [0.2, 0.25) is 0 Å². The van der Waals surface area contributed by atoms with E-state index in [1.165, 1.54) is 0 Å². The molecule has 8 nitrogen and oxygen atoms in total. The van der Waals surface area contributed by atoms with Gasteiger partial charge in [0.1, 0.15) is 11.2 Å². The fraction of sp³-hybridized carbons (Fsp3) is 0.333. The van der Waals surface area contributed by atoms with Crippen LogP contribution in [0.1, 0.15) is 19.5 Å². The van der Waals surface area contributed by atoms with Crippen LogP contribution < -0.4 is 11.2 Å². The number of nitrogens with zero attached hydrogens (tertiary/aromatic N) is 3. The third-order valence-electron chi connectivity index (χ3n) is 3.12. The van der Waals surface area contributed by atoms with Crippen molar-refractivity contribution in [3.05, 3.63) is 32.6 Å². The first-order valence-corrected chi connectivity index (χ1v) is 6.41. The second-order valence-corrected chi connectivity index (χ2v) is 4.41. The van der Waals surface area contributed by atoms with Gasteiger partial charge in [-0.25, -0.2) is 9.78 Å². The third kappa shape index (κ3) is 1.85. The molecule has 0 aliphatic carbocycles. The monoisotopic (exact) mass is 274 g/mol. The quantitative estimate of drug-likeness (QED) is 0.641. The zero-order chi connectivity index (χ0) is 14.3. The van der Waals surface area contributed by atoms with Crippen LogP contribution in [0, 0.1) is 0 Å². The number of fused-ring (bicyclic) bond motifs is 1. The average Bonchev–Trinajstić information content (AvgIpc) is 3.01. The van der Waals surface area contributed by atoms with Gasteiger partial charge in [0, 0.05) is 6.54 Å². The molecule has 0 bridgehead atoms. The summed E-state index contributed by atoms with van der Waals surface area (Å²) in [6.45, 7) is 4.69. The van der Waals surface area contributed by atoms with Crippen molar-refractivity contribution in [3.8, 4) is 11.5 Å². The topological polar surface area (TPSA) is 112 Å². The number of hydrogen-bond donors (Lipinski definition) is 3. The predicted octanol–water partition coefficient (Wildman–Crippen LogP) is 0.385. The van der Waals surface area contributed by atoms with Crippen LogP contribution >= 0.6 is 0 Å². The van der Waals surface area contributed by atoms with Crippen molar-refractivity contribution in [1.82, 2.24) is 29.7 Å². The van der Waals surface area contributed by atoms with Crippen LogP contribution in [0.25, 0.3) is 22.7 Å². The number of imidazole rings is 1. The zero-order valence-electron chi connectivity index (χ0n) is 11.1. The number of hydrogen-bond acceptors (Lipinski definition) is 4. The molecule has 0 amide bonds. The molecule has 0 saturated carbocycles. The summed E-state index contributed by atoms with van der Waals surface area (Å²) in [5, 5.41) is 4.43. The van der Waals surface area contributed by atoms with Gasteiger partial charge in [-0.2, -0.15) is 5.10 Å². The molecule has 104 valence electrons. The molecule has 0 aliphatic rings. The maximum absolute atomic E-state index is 11.7. The van der Waals surface area contributed by atoms with Crippen molar-refractivity contribution >= 4 is 11.2 Å². The van der Waals surface area contributed by atoms with Crippen LogP contribution in [0.15, 0.2) is 15.7 Å². The van der Waals surface area contributed by atoms with Crippen molar-refractivity contribution in [2.75, 3.05) is 0 Å². The fourth-order valence-electron chi connectivity index (χ4n) is 2.13. The van der Waals surface area contributed by atoms with E-state index < -0.39 is 11.2 Å². The predicted molar refractivity (Wildman–Crippen MR) is 73.6 cm³/mol. The van der Waals surface area contributed by atoms with Crippen molar-refractivity contribution in [2.45, 2.75) is 26.8 Å². The Labute approximate surface area is 112 Å². The van der Waals surface area contributed by atoms with Gasteiger partial charge >= 0.3 is 5.69 Å². The van der Waals surface area contributed by atoms with E-state index in [4.69, 9.17) is 0 Å². The molecule has 3 N–H and O–H groups in total. The van der Waals surface area contributed by atoms with Crippen molar-refractivity contribution < 1.29 is 0 Å². The molecule has 0 spiro atoms. The van der Waals surface area contributed by atoms with Gasteiger partial charge in [-0.1, -0.05) is 6.92 Å². The minimum Gasteiger partial charge on any atom is -0.331 e. The molecule has 0 aromatic carbocycles. The Hall–Kier alpha value is -2.64. The maximum atomic E-state index is 11.7. The first-order chi connectivity index (χ1) is 9.62. The Bertz CT molecular complexity index is 881. The van der Waals surface area contributed by atoms with Crippen LogP contribution in [0.2, 0.25) is 0 Å². The Morgan fingerprint density at radius 3 is 2.70 bits per heavy atom. The van der Waals surface area contributed by atoms with Crippen LogP contribution in [0.4, 0.5) is 0 Å². The molecule has 0 unspecified atom stereocenters. The summed E-state index contributed by atoms with van der Waals surface area (Å²) in [7, 11) is 0. The average molecular weight is 274 g/mol. The molecule has 8 heteroatoms. The van der Waals surface area contributed by atoms with E-state index in [2.05, 4.69) is 25.0 Å². The minimum atomic E-state index is -0.571. The lowest BCUT2D eigenvalue weighted by atomic mass is 10.3. The largest absolute Gasteiger partial charge is 0.331 e. The lowest BCUT2D eigenvalue weighted by Crippen LogP contribution is -2.21. The van der Waals surface area contributed by atoms with E-state index >= 15 is 0 Å². The first kappa shape index (κ1) is 12.4. The van der Waals surface area contributed by atoms with Crippen molar-refractivity contribution in [2.24, 2.45) is 0 Å². The summed E-state index contributed by atoms with van der Waals surface area (Å²) in [5.74, 6) is 0.515. The summed E-state index contributed by atoms with van der Waals surface area (Å²) < 4.78 is 1.81. The summed E-state index contributed by atoms with van der Waals surface area (Å²) in [4.78, 5) is 34.8. The number of aromatic amines is 3. The molecule has 0 saturated heterocycles. The highest BCUT2D eigenvalue weighted by molar-refractivity contribution is 5.73. The summed E-state index contributed by atoms with van der Waals surface area (Å²) >= 11 is 0. The lowest BCUT2D eigenvalue weighted by molar-refractivity contribution is 0.653. The Morgan fingerprint density at radius 1 is 1.20 bits per heavy atom. The maximum Gasteiger partial charge on any atom is 0.327 e. The summed E-state index contributed by atoms with van der Waals surface area (Å²) in [6, 6.07) is 1.92. The zero-order valence-corrected chi connectivity index (χ0v) is 11.1. The third-order valence-corrected chi connectivity index (χ3v) is 3.12. The molecule has 0 aliphatic heterocycles. The van der Waals surface area contributed by atoms with Gasteiger partial charge in [-0.15, -0.1) is 0 Å². The number of aromatic nitrogens is 6. The van der Waals surface area contributed by atoms with Gasteiger partial charge in [-0.05, 0) is 19.4 Å². The van der Waals surface area contributed by atoms with E-state index in [0.717, 1.165) is 17.8 Å². The van der Waals surface area contributed by atoms with E-state index in [0.29, 0.717) is 12.4 Å². The Balaban J connectivity index is 2.24. The summed E-state index contributed by atoms with van der Waals surface area (Å²) in [5.41, 5.74) is 1.18. The molecular formula is C12H14N6O2. The van der Waals surface area contributed by atoms with Crippen LogP contribution in [0.5, 0.6) is 0 Å². The van der Waals surface area contributed by atoms with Gasteiger partial charge < -0.3 is 4.98 Å². The van der Waals surface area contributed by atoms with Crippen LogP contribution in [-0.4, -0.2) is 29.7 Å². The van der Waals surface area contributed by atoms with Gasteiger partial charge in [0.05, 0.1) is 5.69 Å². The molecular weight excluding hydrogens is 260 g/mol. The Kier molecular flexibility index (Phi) is 2.78. The van der Waals surface area contributed by atoms with Crippen molar-refractivity contribution in [3.63, 3.8) is 0 Å². The second-order valence-electron chi connectivity index (χ2n) is 4.41. The second kappa shape index (κ2) is 4.48. The van der Waals surface area contributed by atoms with E-state index in [1.807, 2.05) is 24.6 Å². The van der Waals surface area contributed by atoms with E-state index in [9.17, 15) is 9.59 Å². The molecule has 0 fully saturated rings. The molecule has 3 aromatic heterocycles. The summed E-state index contributed by atoms with van der Waals surface area (Å²) in [6.07, 6.45) is 0.817.